The number of thiophene rings is 1. The largest absolute Gasteiger partial charge is 0.420 e. The molecule has 3 aliphatic heterocycles. The summed E-state index contributed by atoms with van der Waals surface area (Å²) in [7, 11) is 2.14. The lowest BCUT2D eigenvalue weighted by molar-refractivity contribution is -0.137. The highest BCUT2D eigenvalue weighted by Crippen LogP contribution is 2.46. The highest BCUT2D eigenvalue weighted by molar-refractivity contribution is 7.99. The lowest BCUT2D eigenvalue weighted by Gasteiger charge is -2.39. The molecule has 7 rings (SSSR count). The second-order valence-electron chi connectivity index (χ2n) is 11.7. The summed E-state index contributed by atoms with van der Waals surface area (Å²) in [4.78, 5) is 29.9. The molecular formula is C30H33F3N6O2S2. The SMILES string of the molecule is C[C@H]1CN(c2ccc(Nc3ncc(C(F)(F)F)c(-c4cc5c(s4)C(=O)N(C4COC4)CCS5)n3)c(C3CC3)c2)CCN1C. The summed E-state index contributed by atoms with van der Waals surface area (Å²) >= 11 is 2.56. The third-order valence-electron chi connectivity index (χ3n) is 8.76. The number of aromatic nitrogens is 2. The van der Waals surface area contributed by atoms with Crippen LogP contribution in [0.3, 0.4) is 0 Å². The van der Waals surface area contributed by atoms with Crippen LogP contribution in [0, 0.1) is 0 Å². The van der Waals surface area contributed by atoms with Gasteiger partial charge in [-0.25, -0.2) is 9.97 Å². The Labute approximate surface area is 256 Å². The summed E-state index contributed by atoms with van der Waals surface area (Å²) in [5.74, 6) is 1.01. The van der Waals surface area contributed by atoms with Gasteiger partial charge in [-0.1, -0.05) is 0 Å². The monoisotopic (exact) mass is 630 g/mol. The summed E-state index contributed by atoms with van der Waals surface area (Å²) < 4.78 is 47.9. The molecular weight excluding hydrogens is 597 g/mol. The van der Waals surface area contributed by atoms with Gasteiger partial charge in [-0.3, -0.25) is 4.79 Å². The Bertz CT molecular complexity index is 1540. The van der Waals surface area contributed by atoms with E-state index in [4.69, 9.17) is 4.74 Å². The van der Waals surface area contributed by atoms with Crippen LogP contribution >= 0.6 is 23.1 Å². The van der Waals surface area contributed by atoms with Gasteiger partial charge >= 0.3 is 6.18 Å². The van der Waals surface area contributed by atoms with Crippen LogP contribution in [-0.2, 0) is 10.9 Å². The fourth-order valence-corrected chi connectivity index (χ4v) is 8.14. The number of hydrogen-bond donors (Lipinski definition) is 1. The first-order valence-corrected chi connectivity index (χ1v) is 16.4. The first kappa shape index (κ1) is 28.9. The molecule has 5 heterocycles. The number of carbonyl (C=O) groups is 1. The van der Waals surface area contributed by atoms with E-state index in [1.165, 1.54) is 11.8 Å². The molecule has 13 heteroatoms. The number of hydrogen-bond acceptors (Lipinski definition) is 9. The van der Waals surface area contributed by atoms with E-state index in [1.54, 1.807) is 11.0 Å². The maximum absolute atomic E-state index is 14.2. The second kappa shape index (κ2) is 11.2. The molecule has 0 bridgehead atoms. The quantitative estimate of drug-likeness (QED) is 0.359. The zero-order chi connectivity index (χ0) is 29.9. The standard InChI is InChI=1S/C30H33F3N6O2S2/c1-17-14-38(8-7-37(17)2)19-5-6-23(21(11-19)18-3-4-18)35-29-34-13-22(30(31,32)33)26(36-29)24-12-25-27(43-24)28(40)39(9-10-42-25)20-15-41-16-20/h5-6,11-13,17-18,20H,3-4,7-10,14-16H2,1-2H3,(H,34,35,36)/t17-/m0/s1. The average molecular weight is 631 g/mol. The zero-order valence-electron chi connectivity index (χ0n) is 24.0. The van der Waals surface area contributed by atoms with Gasteiger partial charge in [-0.05, 0) is 62.6 Å². The lowest BCUT2D eigenvalue weighted by Crippen LogP contribution is -2.52. The van der Waals surface area contributed by atoms with Crippen LogP contribution in [0.15, 0.2) is 35.4 Å². The number of piperazine rings is 1. The number of anilines is 3. The molecule has 0 radical (unpaired) electrons. The number of rotatable bonds is 6. The van der Waals surface area contributed by atoms with Crippen LogP contribution in [0.25, 0.3) is 10.6 Å². The predicted octanol–water partition coefficient (Wildman–Crippen LogP) is 5.93. The summed E-state index contributed by atoms with van der Waals surface area (Å²) in [5, 5.41) is 3.24. The van der Waals surface area contributed by atoms with E-state index < -0.39 is 11.7 Å². The van der Waals surface area contributed by atoms with Crippen molar-refractivity contribution in [2.45, 2.75) is 48.8 Å². The summed E-state index contributed by atoms with van der Waals surface area (Å²) in [6, 6.07) is 8.40. The Kier molecular flexibility index (Phi) is 7.55. The number of fused-ring (bicyclic) bond motifs is 1. The molecule has 1 aromatic carbocycles. The van der Waals surface area contributed by atoms with Crippen molar-refractivity contribution in [1.29, 1.82) is 0 Å². The molecule has 0 spiro atoms. The van der Waals surface area contributed by atoms with Crippen molar-refractivity contribution < 1.29 is 22.7 Å². The fourth-order valence-electron chi connectivity index (χ4n) is 5.82. The average Bonchev–Trinajstić information content (AvgIpc) is 3.73. The predicted molar refractivity (Wildman–Crippen MR) is 163 cm³/mol. The Morgan fingerprint density at radius 1 is 1.12 bits per heavy atom. The number of ether oxygens (including phenoxy) is 1. The van der Waals surface area contributed by atoms with Crippen molar-refractivity contribution in [3.8, 4) is 10.6 Å². The van der Waals surface area contributed by atoms with Crippen molar-refractivity contribution in [3.63, 3.8) is 0 Å². The summed E-state index contributed by atoms with van der Waals surface area (Å²) in [6.07, 6.45) is -1.65. The normalized spacial score (nSPS) is 21.9. The molecule has 8 nitrogen and oxygen atoms in total. The van der Waals surface area contributed by atoms with Gasteiger partial charge in [0, 0.05) is 60.4 Å². The molecule has 43 heavy (non-hydrogen) atoms. The molecule has 228 valence electrons. The number of halogens is 3. The fraction of sp³-hybridized carbons (Fsp3) is 0.500. The topological polar surface area (TPSA) is 73.8 Å². The van der Waals surface area contributed by atoms with Crippen LogP contribution in [0.5, 0.6) is 0 Å². The van der Waals surface area contributed by atoms with Gasteiger partial charge in [0.05, 0.1) is 29.8 Å². The number of carbonyl (C=O) groups excluding carboxylic acids is 1. The number of alkyl halides is 3. The number of thioether (sulfide) groups is 1. The zero-order valence-corrected chi connectivity index (χ0v) is 25.6. The van der Waals surface area contributed by atoms with Gasteiger partial charge < -0.3 is 24.8 Å². The van der Waals surface area contributed by atoms with Gasteiger partial charge in [0.1, 0.15) is 10.4 Å². The number of benzene rings is 1. The van der Waals surface area contributed by atoms with Crippen LogP contribution in [0.2, 0.25) is 0 Å². The van der Waals surface area contributed by atoms with E-state index in [2.05, 4.69) is 51.2 Å². The minimum atomic E-state index is -4.65. The molecule has 2 saturated heterocycles. The number of amides is 1. The number of likely N-dealkylation sites (N-methyl/N-ethyl adjacent to an activating group) is 1. The first-order valence-electron chi connectivity index (χ1n) is 14.6. The third-order valence-corrected chi connectivity index (χ3v) is 11.0. The van der Waals surface area contributed by atoms with E-state index in [1.807, 2.05) is 6.07 Å². The van der Waals surface area contributed by atoms with Gasteiger partial charge in [0.15, 0.2) is 0 Å². The van der Waals surface area contributed by atoms with Crippen molar-refractivity contribution in [2.24, 2.45) is 0 Å². The Balaban J connectivity index is 1.20. The van der Waals surface area contributed by atoms with Crippen LogP contribution in [0.4, 0.5) is 30.5 Å². The molecule has 1 atom stereocenters. The Hall–Kier alpha value is -2.87. The van der Waals surface area contributed by atoms with Crippen molar-refractivity contribution in [2.75, 3.05) is 62.4 Å². The van der Waals surface area contributed by atoms with Crippen LogP contribution < -0.4 is 10.2 Å². The minimum absolute atomic E-state index is 0.0110. The van der Waals surface area contributed by atoms with Gasteiger partial charge in [-0.15, -0.1) is 23.1 Å². The molecule has 1 aliphatic carbocycles. The summed E-state index contributed by atoms with van der Waals surface area (Å²) in [6.45, 7) is 6.66. The third kappa shape index (κ3) is 5.72. The van der Waals surface area contributed by atoms with Gasteiger partial charge in [0.2, 0.25) is 5.95 Å². The van der Waals surface area contributed by atoms with E-state index in [0.29, 0.717) is 52.1 Å². The molecule has 3 aromatic rings. The number of nitrogens with zero attached hydrogens (tertiary/aromatic N) is 5. The van der Waals surface area contributed by atoms with E-state index >= 15 is 0 Å². The lowest BCUT2D eigenvalue weighted by atomic mass is 10.1. The van der Waals surface area contributed by atoms with E-state index in [9.17, 15) is 18.0 Å². The van der Waals surface area contributed by atoms with E-state index in [-0.39, 0.29) is 23.6 Å². The van der Waals surface area contributed by atoms with Gasteiger partial charge in [0.25, 0.3) is 5.91 Å². The second-order valence-corrected chi connectivity index (χ2v) is 13.9. The molecule has 2 aromatic heterocycles. The smallest absolute Gasteiger partial charge is 0.377 e. The maximum atomic E-state index is 14.2. The molecule has 0 unspecified atom stereocenters. The maximum Gasteiger partial charge on any atom is 0.420 e. The molecule has 1 amide bonds. The van der Waals surface area contributed by atoms with Crippen LogP contribution in [0.1, 0.15) is 46.5 Å². The summed E-state index contributed by atoms with van der Waals surface area (Å²) in [5.41, 5.74) is 1.97. The van der Waals surface area contributed by atoms with Gasteiger partial charge in [-0.2, -0.15) is 13.2 Å². The first-order chi connectivity index (χ1) is 20.7. The van der Waals surface area contributed by atoms with Crippen LogP contribution in [-0.4, -0.2) is 90.0 Å². The van der Waals surface area contributed by atoms with E-state index in [0.717, 1.165) is 66.9 Å². The Morgan fingerprint density at radius 2 is 1.93 bits per heavy atom. The molecule has 1 N–H and O–H groups in total. The van der Waals surface area contributed by atoms with Crippen molar-refractivity contribution in [3.05, 3.63) is 46.5 Å². The highest BCUT2D eigenvalue weighted by atomic mass is 32.2. The number of nitrogens with one attached hydrogen (secondary N) is 1. The molecule has 1 saturated carbocycles. The molecule has 3 fully saturated rings. The van der Waals surface area contributed by atoms with Crippen molar-refractivity contribution >= 4 is 46.3 Å². The minimum Gasteiger partial charge on any atom is -0.377 e. The highest BCUT2D eigenvalue weighted by Gasteiger charge is 2.38. The molecule has 4 aliphatic rings. The Morgan fingerprint density at radius 3 is 2.63 bits per heavy atom. The van der Waals surface area contributed by atoms with Crippen molar-refractivity contribution in [1.82, 2.24) is 19.8 Å².